The Labute approximate surface area is 69.5 Å². The Balaban J connectivity index is 2.30. The maximum atomic E-state index is 5.86. The van der Waals surface area contributed by atoms with Crippen molar-refractivity contribution in [1.82, 2.24) is 20.2 Å². The van der Waals surface area contributed by atoms with Crippen LogP contribution in [-0.2, 0) is 0 Å². The molecule has 1 heterocycles. The average Bonchev–Trinajstić information content (AvgIpc) is 2.68. The van der Waals surface area contributed by atoms with E-state index in [1.165, 1.54) is 12.8 Å². The Kier molecular flexibility index (Phi) is 1.56. The van der Waals surface area contributed by atoms with E-state index in [0.29, 0.717) is 6.04 Å². The highest BCUT2D eigenvalue weighted by molar-refractivity contribution is 6.20. The molecule has 1 aliphatic rings. The van der Waals surface area contributed by atoms with Gasteiger partial charge in [0.2, 0.25) is 0 Å². The van der Waals surface area contributed by atoms with Gasteiger partial charge in [0.15, 0.2) is 5.82 Å². The fraction of sp³-hybridized carbons (Fsp3) is 0.833. The quantitative estimate of drug-likeness (QED) is 0.632. The second kappa shape index (κ2) is 2.44. The Morgan fingerprint density at radius 1 is 1.64 bits per heavy atom. The molecule has 1 aromatic heterocycles. The summed E-state index contributed by atoms with van der Waals surface area (Å²) in [5.41, 5.74) is 0. The minimum atomic E-state index is -0.0920. The van der Waals surface area contributed by atoms with Crippen molar-refractivity contribution in [3.05, 3.63) is 5.82 Å². The van der Waals surface area contributed by atoms with Crippen molar-refractivity contribution in [3.63, 3.8) is 0 Å². The van der Waals surface area contributed by atoms with Gasteiger partial charge in [-0.1, -0.05) is 0 Å². The molecule has 1 saturated carbocycles. The molecular formula is C6H9ClN4. The Morgan fingerprint density at radius 3 is 2.91 bits per heavy atom. The number of nitrogens with zero attached hydrogens (tertiary/aromatic N) is 4. The van der Waals surface area contributed by atoms with E-state index in [-0.39, 0.29) is 5.38 Å². The van der Waals surface area contributed by atoms with Crippen LogP contribution in [0.15, 0.2) is 0 Å². The largest absolute Gasteiger partial charge is 0.225 e. The molecule has 11 heavy (non-hydrogen) atoms. The van der Waals surface area contributed by atoms with Gasteiger partial charge in [0, 0.05) is 0 Å². The van der Waals surface area contributed by atoms with Gasteiger partial charge in [-0.15, -0.1) is 16.7 Å². The van der Waals surface area contributed by atoms with Gasteiger partial charge in [0.05, 0.1) is 11.4 Å². The average molecular weight is 173 g/mol. The molecule has 1 aromatic rings. The predicted octanol–water partition coefficient (Wildman–Crippen LogP) is 1.31. The van der Waals surface area contributed by atoms with Crippen molar-refractivity contribution in [2.24, 2.45) is 0 Å². The summed E-state index contributed by atoms with van der Waals surface area (Å²) in [5.74, 6) is 0.786. The van der Waals surface area contributed by atoms with Crippen LogP contribution in [0.2, 0.25) is 0 Å². The summed E-state index contributed by atoms with van der Waals surface area (Å²) in [6.45, 7) is 1.88. The summed E-state index contributed by atoms with van der Waals surface area (Å²) in [7, 11) is 0. The second-order valence-electron chi connectivity index (χ2n) is 2.83. The molecule has 0 bridgehead atoms. The van der Waals surface area contributed by atoms with Gasteiger partial charge in [-0.2, -0.15) is 0 Å². The lowest BCUT2D eigenvalue weighted by Gasteiger charge is -2.01. The lowest BCUT2D eigenvalue weighted by atomic mass is 10.4. The number of rotatable bonds is 2. The second-order valence-corrected chi connectivity index (χ2v) is 3.48. The lowest BCUT2D eigenvalue weighted by molar-refractivity contribution is 0.582. The van der Waals surface area contributed by atoms with Crippen LogP contribution in [-0.4, -0.2) is 20.2 Å². The van der Waals surface area contributed by atoms with Crippen LogP contribution in [0.4, 0.5) is 0 Å². The van der Waals surface area contributed by atoms with E-state index in [1.807, 2.05) is 11.6 Å². The van der Waals surface area contributed by atoms with Crippen molar-refractivity contribution >= 4 is 11.6 Å². The maximum Gasteiger partial charge on any atom is 0.169 e. The van der Waals surface area contributed by atoms with Crippen molar-refractivity contribution < 1.29 is 0 Å². The van der Waals surface area contributed by atoms with Gasteiger partial charge in [-0.25, -0.2) is 4.68 Å². The Hall–Kier alpha value is -0.640. The fourth-order valence-corrected chi connectivity index (χ4v) is 1.19. The van der Waals surface area contributed by atoms with E-state index < -0.39 is 0 Å². The number of halogens is 1. The zero-order valence-electron chi connectivity index (χ0n) is 6.24. The third-order valence-corrected chi connectivity index (χ3v) is 1.96. The first-order valence-electron chi connectivity index (χ1n) is 3.71. The summed E-state index contributed by atoms with van der Waals surface area (Å²) in [6, 6.07) is 0.515. The van der Waals surface area contributed by atoms with E-state index in [2.05, 4.69) is 15.5 Å². The molecule has 1 unspecified atom stereocenters. The first-order chi connectivity index (χ1) is 5.29. The summed E-state index contributed by atoms with van der Waals surface area (Å²) in [5, 5.41) is 11.2. The molecule has 1 atom stereocenters. The van der Waals surface area contributed by atoms with E-state index >= 15 is 0 Å². The number of alkyl halides is 1. The van der Waals surface area contributed by atoms with E-state index in [4.69, 9.17) is 11.6 Å². The highest BCUT2D eigenvalue weighted by atomic mass is 35.5. The summed E-state index contributed by atoms with van der Waals surface area (Å²) in [6.07, 6.45) is 2.36. The molecule has 4 nitrogen and oxygen atoms in total. The first-order valence-corrected chi connectivity index (χ1v) is 4.14. The highest BCUT2D eigenvalue weighted by Gasteiger charge is 2.28. The standard InChI is InChI=1S/C6H9ClN4/c1-4(7)6-8-9-10-11(6)5-2-3-5/h4-5H,2-3H2,1H3. The predicted molar refractivity (Wildman–Crippen MR) is 40.4 cm³/mol. The Morgan fingerprint density at radius 2 is 2.36 bits per heavy atom. The highest BCUT2D eigenvalue weighted by Crippen LogP contribution is 2.36. The number of tetrazole rings is 1. The van der Waals surface area contributed by atoms with Crippen LogP contribution in [0.3, 0.4) is 0 Å². The van der Waals surface area contributed by atoms with Gasteiger partial charge in [-0.05, 0) is 30.2 Å². The molecule has 60 valence electrons. The third kappa shape index (κ3) is 1.22. The van der Waals surface area contributed by atoms with E-state index in [0.717, 1.165) is 5.82 Å². The molecule has 1 aliphatic carbocycles. The number of hydrogen-bond donors (Lipinski definition) is 0. The summed E-state index contributed by atoms with van der Waals surface area (Å²) < 4.78 is 1.83. The van der Waals surface area contributed by atoms with Gasteiger partial charge in [0.25, 0.3) is 0 Å². The first kappa shape index (κ1) is 7.03. The molecule has 0 spiro atoms. The number of hydrogen-bond acceptors (Lipinski definition) is 3. The van der Waals surface area contributed by atoms with Gasteiger partial charge in [0.1, 0.15) is 0 Å². The fourth-order valence-electron chi connectivity index (χ4n) is 1.04. The topological polar surface area (TPSA) is 43.6 Å². The maximum absolute atomic E-state index is 5.86. The molecular weight excluding hydrogens is 164 g/mol. The molecule has 0 N–H and O–H groups in total. The van der Waals surface area contributed by atoms with E-state index in [1.54, 1.807) is 0 Å². The molecule has 0 amide bonds. The van der Waals surface area contributed by atoms with Crippen LogP contribution in [0.25, 0.3) is 0 Å². The minimum Gasteiger partial charge on any atom is -0.225 e. The molecule has 0 saturated heterocycles. The third-order valence-electron chi connectivity index (χ3n) is 1.77. The smallest absolute Gasteiger partial charge is 0.169 e. The van der Waals surface area contributed by atoms with Crippen LogP contribution in [0.5, 0.6) is 0 Å². The van der Waals surface area contributed by atoms with Crippen molar-refractivity contribution in [3.8, 4) is 0 Å². The van der Waals surface area contributed by atoms with Gasteiger partial charge < -0.3 is 0 Å². The minimum absolute atomic E-state index is 0.0920. The van der Waals surface area contributed by atoms with Crippen LogP contribution < -0.4 is 0 Å². The van der Waals surface area contributed by atoms with Crippen molar-refractivity contribution in [2.75, 3.05) is 0 Å². The molecule has 0 aliphatic heterocycles. The lowest BCUT2D eigenvalue weighted by Crippen LogP contribution is -2.03. The molecule has 2 rings (SSSR count). The van der Waals surface area contributed by atoms with Crippen LogP contribution >= 0.6 is 11.6 Å². The van der Waals surface area contributed by atoms with Crippen molar-refractivity contribution in [1.29, 1.82) is 0 Å². The SMILES string of the molecule is CC(Cl)c1nnnn1C1CC1. The van der Waals surface area contributed by atoms with E-state index in [9.17, 15) is 0 Å². The van der Waals surface area contributed by atoms with Crippen LogP contribution in [0.1, 0.15) is 37.0 Å². The molecule has 0 radical (unpaired) electrons. The summed E-state index contributed by atoms with van der Waals surface area (Å²) in [4.78, 5) is 0. The number of aromatic nitrogens is 4. The monoisotopic (exact) mass is 172 g/mol. The molecule has 1 fully saturated rings. The zero-order valence-corrected chi connectivity index (χ0v) is 6.99. The van der Waals surface area contributed by atoms with Gasteiger partial charge >= 0.3 is 0 Å². The molecule has 0 aromatic carbocycles. The van der Waals surface area contributed by atoms with Crippen LogP contribution in [0, 0.1) is 0 Å². The summed E-state index contributed by atoms with van der Waals surface area (Å²) >= 11 is 5.86. The Bertz CT molecular complexity index is 236. The zero-order chi connectivity index (χ0) is 7.84. The normalized spacial score (nSPS) is 20.2. The molecule has 5 heteroatoms. The van der Waals surface area contributed by atoms with Crippen molar-refractivity contribution in [2.45, 2.75) is 31.2 Å². The van der Waals surface area contributed by atoms with Gasteiger partial charge in [-0.3, -0.25) is 0 Å².